The van der Waals surface area contributed by atoms with Crippen LogP contribution in [0.2, 0.25) is 18.1 Å². The molecule has 2 aromatic carbocycles. The molecule has 3 N–H and O–H groups in total. The molecule has 0 spiro atoms. The maximum atomic E-state index is 13.8. The highest BCUT2D eigenvalue weighted by atomic mass is 28.4. The van der Waals surface area contributed by atoms with Crippen molar-refractivity contribution in [1.82, 2.24) is 9.88 Å². The number of carboxylic acids is 1. The van der Waals surface area contributed by atoms with Crippen LogP contribution in [-0.2, 0) is 15.7 Å². The fourth-order valence-electron chi connectivity index (χ4n) is 4.39. The Balaban J connectivity index is 2.20. The quantitative estimate of drug-likeness (QED) is 0.201. The van der Waals surface area contributed by atoms with Gasteiger partial charge < -0.3 is 34.0 Å². The Hall–Kier alpha value is -3.83. The van der Waals surface area contributed by atoms with Crippen LogP contribution in [0.15, 0.2) is 47.3 Å². The number of ether oxygens (including phenoxy) is 2. The molecular weight excluding hydrogens is 580 g/mol. The topological polar surface area (TPSA) is 138 Å². The molecule has 1 atom stereocenters. The minimum atomic E-state index is -2.46. The van der Waals surface area contributed by atoms with Crippen molar-refractivity contribution in [2.24, 2.45) is 0 Å². The lowest BCUT2D eigenvalue weighted by molar-refractivity contribution is 0.0135. The number of rotatable bonds is 10. The van der Waals surface area contributed by atoms with Crippen molar-refractivity contribution in [3.8, 4) is 11.5 Å². The number of H-pyrrole nitrogens is 1. The zero-order valence-corrected chi connectivity index (χ0v) is 28.4. The number of pyridine rings is 1. The first-order valence-electron chi connectivity index (χ1n) is 14.7. The summed E-state index contributed by atoms with van der Waals surface area (Å²) in [7, 11) is -2.46. The van der Waals surface area contributed by atoms with Gasteiger partial charge in [0.1, 0.15) is 17.1 Å². The fourth-order valence-corrected chi connectivity index (χ4v) is 5.66. The van der Waals surface area contributed by atoms with Crippen LogP contribution in [0.25, 0.3) is 10.9 Å². The Morgan fingerprint density at radius 2 is 1.66 bits per heavy atom. The number of aromatic carboxylic acids is 1. The lowest BCUT2D eigenvalue weighted by Crippen LogP contribution is -2.45. The van der Waals surface area contributed by atoms with Gasteiger partial charge in [0.25, 0.3) is 0 Å². The minimum absolute atomic E-state index is 0.0427. The molecule has 0 radical (unpaired) electrons. The average Bonchev–Trinajstić information content (AvgIpc) is 2.87. The number of phenolic OH excluding ortho intramolecular Hbond substituents is 1. The number of benzene rings is 2. The van der Waals surface area contributed by atoms with Crippen molar-refractivity contribution < 1.29 is 33.7 Å². The number of phenols is 1. The first kappa shape index (κ1) is 34.7. The molecular formula is C33H46N2O8Si. The first-order valence-corrected chi connectivity index (χ1v) is 17.6. The normalized spacial score (nSPS) is 13.2. The molecule has 0 saturated heterocycles. The molecule has 10 nitrogen and oxygen atoms in total. The second-order valence-corrected chi connectivity index (χ2v) is 18.6. The summed E-state index contributed by atoms with van der Waals surface area (Å²) in [5.74, 6) is -0.817. The molecule has 1 aromatic heterocycles. The lowest BCUT2D eigenvalue weighted by atomic mass is 10.0. The van der Waals surface area contributed by atoms with Crippen LogP contribution in [0, 0.1) is 0 Å². The lowest BCUT2D eigenvalue weighted by Gasteiger charge is -2.41. The summed E-state index contributed by atoms with van der Waals surface area (Å²) in [4.78, 5) is 41.9. The summed E-state index contributed by atoms with van der Waals surface area (Å²) in [5.41, 5.74) is 0.481. The van der Waals surface area contributed by atoms with Crippen LogP contribution in [0.4, 0.5) is 4.79 Å². The van der Waals surface area contributed by atoms with Crippen molar-refractivity contribution in [3.05, 3.63) is 69.5 Å². The van der Waals surface area contributed by atoms with Crippen molar-refractivity contribution in [2.75, 3.05) is 6.54 Å². The highest BCUT2D eigenvalue weighted by Gasteiger charge is 2.41. The Morgan fingerprint density at radius 1 is 1.00 bits per heavy atom. The summed E-state index contributed by atoms with van der Waals surface area (Å²) in [6.45, 7) is 19.7. The van der Waals surface area contributed by atoms with Crippen molar-refractivity contribution in [3.63, 3.8) is 0 Å². The van der Waals surface area contributed by atoms with Gasteiger partial charge >= 0.3 is 12.1 Å². The van der Waals surface area contributed by atoms with Gasteiger partial charge in [-0.05, 0) is 82.6 Å². The van der Waals surface area contributed by atoms with Gasteiger partial charge in [-0.25, -0.2) is 9.59 Å². The van der Waals surface area contributed by atoms with E-state index in [4.69, 9.17) is 13.9 Å². The van der Waals surface area contributed by atoms with Gasteiger partial charge in [0.05, 0.1) is 36.4 Å². The van der Waals surface area contributed by atoms with E-state index >= 15 is 0 Å². The smallest absolute Gasteiger partial charge is 0.410 e. The largest absolute Gasteiger partial charge is 0.506 e. The number of hydrogen-bond donors (Lipinski definition) is 3. The predicted molar refractivity (Wildman–Crippen MR) is 173 cm³/mol. The van der Waals surface area contributed by atoms with E-state index in [1.54, 1.807) is 39.0 Å². The number of carbonyl (C=O) groups is 2. The molecule has 0 saturated carbocycles. The highest BCUT2D eigenvalue weighted by molar-refractivity contribution is 6.74. The molecule has 0 bridgehead atoms. The summed E-state index contributed by atoms with van der Waals surface area (Å²) in [5, 5.41) is 20.6. The number of aromatic amines is 1. The zero-order valence-electron chi connectivity index (χ0n) is 27.4. The van der Waals surface area contributed by atoms with Gasteiger partial charge in [0.15, 0.2) is 8.32 Å². The molecule has 0 aliphatic heterocycles. The van der Waals surface area contributed by atoms with Crippen molar-refractivity contribution in [1.29, 1.82) is 0 Å². The van der Waals surface area contributed by atoms with E-state index in [2.05, 4.69) is 38.8 Å². The maximum Gasteiger partial charge on any atom is 0.410 e. The first-order chi connectivity index (χ1) is 20.2. The summed E-state index contributed by atoms with van der Waals surface area (Å²) in [6, 6.07) is 10.9. The minimum Gasteiger partial charge on any atom is -0.506 e. The van der Waals surface area contributed by atoms with E-state index in [0.29, 0.717) is 22.3 Å². The van der Waals surface area contributed by atoms with E-state index in [1.165, 1.54) is 29.2 Å². The van der Waals surface area contributed by atoms with Gasteiger partial charge in [0, 0.05) is 17.0 Å². The van der Waals surface area contributed by atoms with Gasteiger partial charge in [-0.2, -0.15) is 0 Å². The van der Waals surface area contributed by atoms with Crippen LogP contribution in [-0.4, -0.2) is 58.7 Å². The van der Waals surface area contributed by atoms with Crippen LogP contribution in [0.3, 0.4) is 0 Å². The van der Waals surface area contributed by atoms with Gasteiger partial charge in [0.2, 0.25) is 5.56 Å². The van der Waals surface area contributed by atoms with Gasteiger partial charge in [-0.1, -0.05) is 32.9 Å². The van der Waals surface area contributed by atoms with Crippen molar-refractivity contribution in [2.45, 2.75) is 97.9 Å². The number of fused-ring (bicyclic) bond motifs is 1. The molecule has 1 amide bonds. The number of amides is 1. The van der Waals surface area contributed by atoms with Crippen LogP contribution < -0.4 is 10.3 Å². The van der Waals surface area contributed by atoms with E-state index in [1.807, 2.05) is 13.8 Å². The van der Waals surface area contributed by atoms with Crippen LogP contribution >= 0.6 is 0 Å². The number of aromatic nitrogens is 1. The van der Waals surface area contributed by atoms with Crippen LogP contribution in [0.1, 0.15) is 83.0 Å². The number of carbonyl (C=O) groups excluding carboxylic acids is 1. The molecule has 3 aromatic rings. The molecule has 0 aliphatic carbocycles. The van der Waals surface area contributed by atoms with E-state index in [-0.39, 0.29) is 46.6 Å². The molecule has 0 fully saturated rings. The van der Waals surface area contributed by atoms with E-state index in [9.17, 15) is 24.6 Å². The average molecular weight is 627 g/mol. The maximum absolute atomic E-state index is 13.8. The Labute approximate surface area is 260 Å². The second kappa shape index (κ2) is 13.0. The Kier molecular flexibility index (Phi) is 10.3. The van der Waals surface area contributed by atoms with Crippen LogP contribution in [0.5, 0.6) is 11.5 Å². The van der Waals surface area contributed by atoms with E-state index in [0.717, 1.165) is 0 Å². The molecule has 44 heavy (non-hydrogen) atoms. The third kappa shape index (κ3) is 8.63. The van der Waals surface area contributed by atoms with Gasteiger partial charge in [-0.3, -0.25) is 4.79 Å². The second-order valence-electron chi connectivity index (χ2n) is 13.8. The van der Waals surface area contributed by atoms with Gasteiger partial charge in [-0.15, -0.1) is 0 Å². The van der Waals surface area contributed by atoms with E-state index < -0.39 is 32.1 Å². The Bertz CT molecular complexity index is 1570. The number of hydrogen-bond acceptors (Lipinski definition) is 7. The third-order valence-electron chi connectivity index (χ3n) is 7.57. The highest BCUT2D eigenvalue weighted by Crippen LogP contribution is 2.42. The summed E-state index contributed by atoms with van der Waals surface area (Å²) in [6.07, 6.45) is -1.51. The standard InChI is InChI=1S/C33H46N2O8Si/c1-20(2)41-26-17-21(30(38)39)11-12-22(26)18-35(31(40)42-32(3,4)5)19-27(43-44(9,10)33(6,7)8)23-13-15-25(36)29-24(23)14-16-28(37)34-29/h11-17,20,27,36H,18-19H2,1-10H3,(H,34,37)(H,38,39)/t27-/m0/s1. The number of aromatic hydroxyl groups is 1. The Morgan fingerprint density at radius 3 is 2.23 bits per heavy atom. The molecule has 0 unspecified atom stereocenters. The molecule has 240 valence electrons. The number of nitrogens with zero attached hydrogens (tertiary/aromatic N) is 1. The van der Waals surface area contributed by atoms with Crippen molar-refractivity contribution >= 4 is 31.3 Å². The molecule has 0 aliphatic rings. The fraction of sp³-hybridized carbons (Fsp3) is 0.485. The summed E-state index contributed by atoms with van der Waals surface area (Å²) >= 11 is 0. The SMILES string of the molecule is CC(C)Oc1cc(C(=O)O)ccc1CN(C[C@H](O[Si](C)(C)C(C)(C)C)c1ccc(O)c2[nH]c(=O)ccc12)C(=O)OC(C)(C)C. The molecule has 3 rings (SSSR count). The monoisotopic (exact) mass is 626 g/mol. The molecule has 11 heteroatoms. The predicted octanol–water partition coefficient (Wildman–Crippen LogP) is 7.22. The molecule has 1 heterocycles. The zero-order chi connectivity index (χ0) is 33.2. The number of nitrogens with one attached hydrogen (secondary N) is 1. The number of carboxylic acid groups (broad SMARTS) is 1. The summed E-state index contributed by atoms with van der Waals surface area (Å²) < 4.78 is 18.8. The third-order valence-corrected chi connectivity index (χ3v) is 12.1.